The quantitative estimate of drug-likeness (QED) is 0.745. The van der Waals surface area contributed by atoms with Gasteiger partial charge in [0.05, 0.1) is 0 Å². The van der Waals surface area contributed by atoms with Crippen LogP contribution in [0.3, 0.4) is 0 Å². The van der Waals surface area contributed by atoms with Crippen molar-refractivity contribution >= 4 is 23.7 Å². The van der Waals surface area contributed by atoms with Crippen LogP contribution < -0.4 is 16.0 Å². The van der Waals surface area contributed by atoms with Gasteiger partial charge in [-0.1, -0.05) is 6.58 Å². The Morgan fingerprint density at radius 2 is 2.22 bits per heavy atom. The summed E-state index contributed by atoms with van der Waals surface area (Å²) in [6, 6.07) is 6.21. The van der Waals surface area contributed by atoms with Gasteiger partial charge in [-0.2, -0.15) is 0 Å². The number of hydrogen-bond donors (Lipinski definition) is 1. The number of aromatic nitrogens is 3. The molecule has 0 radical (unpaired) electrons. The Hall–Kier alpha value is -2.79. The molecule has 0 bridgehead atoms. The average Bonchev–Trinajstić information content (AvgIpc) is 3.05. The zero-order chi connectivity index (χ0) is 16.4. The third-order valence-electron chi connectivity index (χ3n) is 3.90. The van der Waals surface area contributed by atoms with Crippen LogP contribution >= 0.6 is 0 Å². The third-order valence-corrected chi connectivity index (χ3v) is 3.90. The maximum absolute atomic E-state index is 10.4. The average molecular weight is 307 g/mol. The van der Waals surface area contributed by atoms with Gasteiger partial charge in [-0.15, -0.1) is 0 Å². The summed E-state index contributed by atoms with van der Waals surface area (Å²) < 4.78 is 4.09. The fourth-order valence-corrected chi connectivity index (χ4v) is 2.67. The highest BCUT2D eigenvalue weighted by molar-refractivity contribution is 5.76. The van der Waals surface area contributed by atoms with Crippen molar-refractivity contribution in [3.05, 3.63) is 69.9 Å². The second-order valence-electron chi connectivity index (χ2n) is 5.68. The van der Waals surface area contributed by atoms with Crippen LogP contribution in [0.15, 0.2) is 48.6 Å². The number of rotatable bonds is 4. The lowest BCUT2D eigenvalue weighted by atomic mass is 10.2. The molecule has 0 unspecified atom stereocenters. The zero-order valence-corrected chi connectivity index (χ0v) is 13.3. The van der Waals surface area contributed by atoms with Gasteiger partial charge in [-0.3, -0.25) is 0 Å². The maximum Gasteiger partial charge on any atom is 0.139 e. The minimum atomic E-state index is 0.715. The number of hydrogen-bond acceptors (Lipinski definition) is 3. The van der Waals surface area contributed by atoms with E-state index in [1.165, 1.54) is 6.20 Å². The summed E-state index contributed by atoms with van der Waals surface area (Å²) in [6.45, 7) is 6.72. The van der Waals surface area contributed by atoms with Crippen molar-refractivity contribution < 1.29 is 0 Å². The maximum atomic E-state index is 10.4. The van der Waals surface area contributed by atoms with Crippen LogP contribution in [0.25, 0.3) is 23.7 Å². The SMILES string of the molecule is C=c1c(=CC(C)=CN[O-])ccn1Cc1cnc2c(ccn2C)c1. The Morgan fingerprint density at radius 1 is 1.39 bits per heavy atom. The highest BCUT2D eigenvalue weighted by Gasteiger charge is 2.03. The Morgan fingerprint density at radius 3 is 3.00 bits per heavy atom. The minimum absolute atomic E-state index is 0.715. The number of nitrogens with zero attached hydrogens (tertiary/aromatic N) is 3. The molecule has 0 aromatic carbocycles. The van der Waals surface area contributed by atoms with Crippen molar-refractivity contribution in [3.8, 4) is 0 Å². The second kappa shape index (κ2) is 6.14. The summed E-state index contributed by atoms with van der Waals surface area (Å²) in [5, 5.41) is 13.4. The summed E-state index contributed by atoms with van der Waals surface area (Å²) in [5.41, 5.74) is 4.76. The van der Waals surface area contributed by atoms with E-state index in [4.69, 9.17) is 0 Å². The van der Waals surface area contributed by atoms with Crippen molar-refractivity contribution in [3.63, 3.8) is 0 Å². The van der Waals surface area contributed by atoms with Crippen molar-refractivity contribution in [1.29, 1.82) is 0 Å². The van der Waals surface area contributed by atoms with Crippen LogP contribution in [0, 0.1) is 5.21 Å². The van der Waals surface area contributed by atoms with E-state index in [2.05, 4.69) is 28.3 Å². The normalized spacial score (nSPS) is 13.0. The fraction of sp³-hybridized carbons (Fsp3) is 0.167. The predicted octanol–water partition coefficient (Wildman–Crippen LogP) is 1.61. The largest absolute Gasteiger partial charge is 0.761 e. The van der Waals surface area contributed by atoms with Crippen molar-refractivity contribution in [2.45, 2.75) is 13.5 Å². The number of nitrogens with one attached hydrogen (secondary N) is 1. The standard InChI is InChI=1S/C18H19N4O/c1-13(10-20-23)8-16-5-7-22(14(16)2)12-15-9-17-4-6-21(3)18(17)19-11-15/h4-11,20H,2,12H2,1,3H3/q-1. The molecule has 3 aromatic heterocycles. The first-order chi connectivity index (χ1) is 11.1. The topological polar surface area (TPSA) is 57.8 Å². The molecule has 0 amide bonds. The molecule has 3 heterocycles. The summed E-state index contributed by atoms with van der Waals surface area (Å²) in [6.07, 6.45) is 9.27. The van der Waals surface area contributed by atoms with Crippen LogP contribution in [-0.2, 0) is 13.6 Å². The zero-order valence-electron chi connectivity index (χ0n) is 13.3. The van der Waals surface area contributed by atoms with E-state index in [0.29, 0.717) is 6.54 Å². The van der Waals surface area contributed by atoms with E-state index in [0.717, 1.165) is 32.7 Å². The fourth-order valence-electron chi connectivity index (χ4n) is 2.67. The molecular formula is C18H19N4O-. The van der Waals surface area contributed by atoms with Crippen LogP contribution in [0.4, 0.5) is 0 Å². The van der Waals surface area contributed by atoms with Gasteiger partial charge in [0.15, 0.2) is 0 Å². The highest BCUT2D eigenvalue weighted by atomic mass is 16.5. The number of aryl methyl sites for hydroxylation is 1. The lowest BCUT2D eigenvalue weighted by Gasteiger charge is -2.04. The van der Waals surface area contributed by atoms with Crippen LogP contribution in [0.5, 0.6) is 0 Å². The lowest BCUT2D eigenvalue weighted by Crippen LogP contribution is -2.27. The van der Waals surface area contributed by atoms with E-state index in [1.54, 1.807) is 5.48 Å². The van der Waals surface area contributed by atoms with Gasteiger partial charge >= 0.3 is 0 Å². The molecule has 5 nitrogen and oxygen atoms in total. The molecule has 5 heteroatoms. The van der Waals surface area contributed by atoms with Crippen molar-refractivity contribution in [2.24, 2.45) is 7.05 Å². The smallest absolute Gasteiger partial charge is 0.139 e. The molecule has 0 aliphatic heterocycles. The summed E-state index contributed by atoms with van der Waals surface area (Å²) in [5.74, 6) is 0. The molecular weight excluding hydrogens is 288 g/mol. The minimum Gasteiger partial charge on any atom is -0.761 e. The molecule has 118 valence electrons. The Labute approximate surface area is 134 Å². The molecule has 3 aromatic rings. The summed E-state index contributed by atoms with van der Waals surface area (Å²) >= 11 is 0. The van der Waals surface area contributed by atoms with E-state index in [9.17, 15) is 5.21 Å². The number of fused-ring (bicyclic) bond motifs is 1. The Kier molecular flexibility index (Phi) is 4.04. The number of hydroxylamine groups is 1. The van der Waals surface area contributed by atoms with E-state index < -0.39 is 0 Å². The highest BCUT2D eigenvalue weighted by Crippen LogP contribution is 2.14. The van der Waals surface area contributed by atoms with Gasteiger partial charge in [0, 0.05) is 42.9 Å². The molecule has 0 fully saturated rings. The summed E-state index contributed by atoms with van der Waals surface area (Å²) in [7, 11) is 1.99. The van der Waals surface area contributed by atoms with Crippen LogP contribution in [0.2, 0.25) is 0 Å². The summed E-state index contributed by atoms with van der Waals surface area (Å²) in [4.78, 5) is 4.52. The van der Waals surface area contributed by atoms with Gasteiger partial charge in [-0.05, 0) is 53.8 Å². The molecule has 0 saturated heterocycles. The van der Waals surface area contributed by atoms with Crippen molar-refractivity contribution in [1.82, 2.24) is 19.6 Å². The Balaban J connectivity index is 1.92. The van der Waals surface area contributed by atoms with Gasteiger partial charge < -0.3 is 19.8 Å². The third kappa shape index (κ3) is 3.05. The number of allylic oxidation sites excluding steroid dienone is 1. The Bertz CT molecular complexity index is 978. The first-order valence-electron chi connectivity index (χ1n) is 7.38. The van der Waals surface area contributed by atoms with Crippen molar-refractivity contribution in [2.75, 3.05) is 0 Å². The molecule has 1 N–H and O–H groups in total. The lowest BCUT2D eigenvalue weighted by molar-refractivity contribution is 0.777. The van der Waals surface area contributed by atoms with Gasteiger partial charge in [0.2, 0.25) is 0 Å². The molecule has 0 atom stereocenters. The number of pyridine rings is 1. The second-order valence-corrected chi connectivity index (χ2v) is 5.68. The first-order valence-corrected chi connectivity index (χ1v) is 7.38. The van der Waals surface area contributed by atoms with E-state index in [1.807, 2.05) is 49.3 Å². The van der Waals surface area contributed by atoms with Crippen LogP contribution in [0.1, 0.15) is 12.5 Å². The van der Waals surface area contributed by atoms with Gasteiger partial charge in [0.25, 0.3) is 0 Å². The van der Waals surface area contributed by atoms with Crippen LogP contribution in [-0.4, -0.2) is 14.1 Å². The van der Waals surface area contributed by atoms with Gasteiger partial charge in [0.1, 0.15) is 5.65 Å². The monoisotopic (exact) mass is 307 g/mol. The van der Waals surface area contributed by atoms with E-state index >= 15 is 0 Å². The molecule has 0 aliphatic rings. The molecule has 0 aliphatic carbocycles. The molecule has 3 rings (SSSR count). The molecule has 23 heavy (non-hydrogen) atoms. The molecule has 0 saturated carbocycles. The first kappa shape index (κ1) is 15.1. The van der Waals surface area contributed by atoms with Gasteiger partial charge in [-0.25, -0.2) is 4.98 Å². The molecule has 0 spiro atoms. The predicted molar refractivity (Wildman–Crippen MR) is 93.7 cm³/mol. The van der Waals surface area contributed by atoms with E-state index in [-0.39, 0.29) is 0 Å².